The Morgan fingerprint density at radius 3 is 2.28 bits per heavy atom. The third kappa shape index (κ3) is 7.33. The van der Waals surface area contributed by atoms with Gasteiger partial charge in [-0.3, -0.25) is 9.59 Å². The highest BCUT2D eigenvalue weighted by Gasteiger charge is 2.76. The number of likely N-dealkylation sites (N-methyl/N-ethyl adjacent to an activating group) is 1. The Morgan fingerprint density at radius 1 is 0.849 bits per heavy atom. The largest absolute Gasteiger partial charge is 0.462 e. The zero-order chi connectivity index (χ0) is 37.8. The van der Waals surface area contributed by atoms with E-state index in [-0.39, 0.29) is 90.9 Å². The fourth-order valence-corrected chi connectivity index (χ4v) is 12.2. The van der Waals surface area contributed by atoms with Gasteiger partial charge in [-0.15, -0.1) is 0 Å². The zero-order valence-corrected chi connectivity index (χ0v) is 33.6. The smallest absolute Gasteiger partial charge is 0.306 e. The lowest BCUT2D eigenvalue weighted by molar-refractivity contribution is -0.314. The summed E-state index contributed by atoms with van der Waals surface area (Å²) >= 11 is 0. The number of nitrogens with zero attached hydrogens (tertiary/aromatic N) is 1. The lowest BCUT2D eigenvalue weighted by atomic mass is 9.67. The number of ketones is 1. The van der Waals surface area contributed by atoms with Crippen molar-refractivity contribution >= 4 is 11.8 Å². The van der Waals surface area contributed by atoms with E-state index < -0.39 is 17.8 Å². The molecule has 0 aromatic carbocycles. The highest BCUT2D eigenvalue weighted by Crippen LogP contribution is 2.76. The number of cyclic esters (lactones) is 1. The van der Waals surface area contributed by atoms with Gasteiger partial charge in [-0.1, -0.05) is 26.0 Å². The number of esters is 1. The van der Waals surface area contributed by atoms with Crippen molar-refractivity contribution < 1.29 is 47.5 Å². The van der Waals surface area contributed by atoms with Crippen molar-refractivity contribution in [2.75, 3.05) is 35.4 Å². The molecule has 1 spiro atoms. The molecule has 0 aromatic heterocycles. The van der Waals surface area contributed by atoms with Crippen LogP contribution in [0.5, 0.6) is 0 Å². The maximum atomic E-state index is 15.1. The molecule has 7 rings (SSSR count). The van der Waals surface area contributed by atoms with Crippen LogP contribution in [0.25, 0.3) is 0 Å². The third-order valence-corrected chi connectivity index (χ3v) is 14.8. The van der Waals surface area contributed by atoms with Gasteiger partial charge in [0.15, 0.2) is 12.6 Å². The Balaban J connectivity index is 1.10. The van der Waals surface area contributed by atoms with E-state index in [1.807, 2.05) is 6.92 Å². The monoisotopic (exact) mass is 745 g/mol. The van der Waals surface area contributed by atoms with E-state index in [0.29, 0.717) is 23.8 Å². The highest BCUT2D eigenvalue weighted by molar-refractivity contribution is 5.92. The number of ether oxygens (including phenoxy) is 8. The molecule has 11 heteroatoms. The number of allylic oxidation sites excluding steroid dienone is 2. The molecule has 19 atom stereocenters. The van der Waals surface area contributed by atoms with Gasteiger partial charge in [-0.05, 0) is 121 Å². The Hall–Kier alpha value is -1.44. The van der Waals surface area contributed by atoms with Gasteiger partial charge in [-0.2, -0.15) is 0 Å². The second kappa shape index (κ2) is 16.2. The molecule has 3 saturated carbocycles. The van der Waals surface area contributed by atoms with E-state index in [9.17, 15) is 4.79 Å². The van der Waals surface area contributed by atoms with Crippen LogP contribution in [0.3, 0.4) is 0 Å². The molecule has 3 heterocycles. The number of hydrogen-bond donors (Lipinski definition) is 0. The van der Waals surface area contributed by atoms with Gasteiger partial charge < -0.3 is 42.8 Å². The number of hydrogen-bond acceptors (Lipinski definition) is 11. The van der Waals surface area contributed by atoms with Crippen LogP contribution >= 0.6 is 0 Å². The molecule has 0 amide bonds. The first-order valence-corrected chi connectivity index (χ1v) is 20.7. The van der Waals surface area contributed by atoms with Gasteiger partial charge in [0.1, 0.15) is 30.2 Å². The van der Waals surface area contributed by atoms with Crippen LogP contribution in [0.2, 0.25) is 0 Å². The van der Waals surface area contributed by atoms with E-state index >= 15 is 4.79 Å². The molecule has 3 saturated heterocycles. The maximum absolute atomic E-state index is 15.1. The number of Topliss-reactive ketones (excluding diaryl/α,β-unsaturated/α-hetero) is 1. The molecule has 300 valence electrons. The second-order valence-electron chi connectivity index (χ2n) is 17.7. The lowest BCUT2D eigenvalue weighted by Crippen LogP contribution is -2.59. The van der Waals surface area contributed by atoms with Crippen LogP contribution in [0.4, 0.5) is 0 Å². The van der Waals surface area contributed by atoms with Crippen molar-refractivity contribution in [1.29, 1.82) is 0 Å². The van der Waals surface area contributed by atoms with E-state index in [0.717, 1.165) is 57.8 Å². The molecule has 6 fully saturated rings. The van der Waals surface area contributed by atoms with Gasteiger partial charge >= 0.3 is 5.97 Å². The van der Waals surface area contributed by atoms with Crippen LogP contribution in [-0.4, -0.2) is 120 Å². The molecule has 0 radical (unpaired) electrons. The van der Waals surface area contributed by atoms with Gasteiger partial charge in [0.05, 0.1) is 24.4 Å². The predicted octanol–water partition coefficient (Wildman–Crippen LogP) is 5.57. The normalized spacial score (nSPS) is 50.0. The summed E-state index contributed by atoms with van der Waals surface area (Å²) in [5.74, 6) is 1.20. The number of carbonyl (C=O) groups excluding carboxylic acids is 2. The molecule has 4 aliphatic carbocycles. The first-order valence-electron chi connectivity index (χ1n) is 20.7. The van der Waals surface area contributed by atoms with Crippen LogP contribution in [0.15, 0.2) is 12.2 Å². The average molecular weight is 746 g/mol. The summed E-state index contributed by atoms with van der Waals surface area (Å²) in [5, 5.41) is 0. The van der Waals surface area contributed by atoms with Crippen LogP contribution in [0, 0.1) is 46.8 Å². The van der Waals surface area contributed by atoms with Crippen molar-refractivity contribution in [3.8, 4) is 0 Å². The topological polar surface area (TPSA) is 111 Å². The molecule has 0 aromatic rings. The summed E-state index contributed by atoms with van der Waals surface area (Å²) in [7, 11) is 9.21. The van der Waals surface area contributed by atoms with E-state index in [1.54, 1.807) is 21.3 Å². The summed E-state index contributed by atoms with van der Waals surface area (Å²) in [6.45, 7) is 8.29. The standard InChI is InChI=1S/C42H67NO10/c1-10-26-12-11-13-33(53-35-17-16-32(43(5)6)23(3)49-35)22(2)40(45)42-21-31(42)36-28(30(42)20-34(44)51-26)15-14-25-18-27(19-29(25)36)52-41-39(48-9)38(47-8)37(46-7)24(4)50-41/h14-15,22-33,35-39,41H,10-13,16-21H2,1-9H3/t22-,23-,24+,25-,26+,27-,28+,29-,30+,31?,32+,33+,35+,36-,37+,38-,39-,41+,42?/m1/s1. The highest BCUT2D eigenvalue weighted by atomic mass is 16.7. The number of rotatable bonds is 9. The minimum atomic E-state index is -0.576. The van der Waals surface area contributed by atoms with Gasteiger partial charge in [-0.25, -0.2) is 0 Å². The molecule has 0 N–H and O–H groups in total. The van der Waals surface area contributed by atoms with Crippen molar-refractivity contribution in [3.05, 3.63) is 12.2 Å². The van der Waals surface area contributed by atoms with Crippen molar-refractivity contribution in [1.82, 2.24) is 4.90 Å². The molecule has 2 unspecified atom stereocenters. The van der Waals surface area contributed by atoms with Crippen molar-refractivity contribution in [2.24, 2.45) is 46.8 Å². The summed E-state index contributed by atoms with van der Waals surface area (Å²) in [6.07, 6.45) is 10.1. The molecule has 3 aliphatic heterocycles. The second-order valence-corrected chi connectivity index (χ2v) is 17.7. The van der Waals surface area contributed by atoms with Crippen molar-refractivity contribution in [2.45, 2.75) is 159 Å². The Labute approximate surface area is 317 Å². The van der Waals surface area contributed by atoms with Crippen LogP contribution in [0.1, 0.15) is 91.9 Å². The Bertz CT molecular complexity index is 1330. The number of carbonyl (C=O) groups is 2. The van der Waals surface area contributed by atoms with E-state index in [2.05, 4.69) is 51.9 Å². The SMILES string of the molecule is CC[C@H]1CCC[C@H](O[C@H]2CC[C@H](N(C)C)[C@@H](C)O2)[C@@H](C)C(=O)C23CC2[C@@H]2[C@@H](C=C[C@@H]4C[C@@H](O[C@@H]5O[C@@H](C)[C@H](OC)[C@@H](OC)[C@H]5OC)C[C@@H]24)[C@@H]3CC(=O)O1. The summed E-state index contributed by atoms with van der Waals surface area (Å²) in [4.78, 5) is 31.0. The third-order valence-electron chi connectivity index (χ3n) is 14.8. The fraction of sp³-hybridized carbons (Fsp3) is 0.905. The van der Waals surface area contributed by atoms with Gasteiger partial charge in [0, 0.05) is 45.1 Å². The van der Waals surface area contributed by atoms with Crippen LogP contribution < -0.4 is 0 Å². The predicted molar refractivity (Wildman–Crippen MR) is 197 cm³/mol. The van der Waals surface area contributed by atoms with Gasteiger partial charge in [0.25, 0.3) is 0 Å². The van der Waals surface area contributed by atoms with Crippen LogP contribution in [-0.2, 0) is 47.5 Å². The fourth-order valence-electron chi connectivity index (χ4n) is 12.2. The van der Waals surface area contributed by atoms with Gasteiger partial charge in [0.2, 0.25) is 0 Å². The Morgan fingerprint density at radius 2 is 1.60 bits per heavy atom. The first kappa shape index (κ1) is 39.8. The average Bonchev–Trinajstić information content (AvgIpc) is 3.64. The zero-order valence-electron chi connectivity index (χ0n) is 33.6. The molecular weight excluding hydrogens is 678 g/mol. The Kier molecular flexibility index (Phi) is 12.2. The summed E-state index contributed by atoms with van der Waals surface area (Å²) in [5.41, 5.74) is -0.533. The minimum absolute atomic E-state index is 0.0196. The van der Waals surface area contributed by atoms with Crippen molar-refractivity contribution in [3.63, 3.8) is 0 Å². The summed E-state index contributed by atoms with van der Waals surface area (Å²) < 4.78 is 50.0. The lowest BCUT2D eigenvalue weighted by Gasteiger charge is -2.44. The molecule has 53 heavy (non-hydrogen) atoms. The maximum Gasteiger partial charge on any atom is 0.306 e. The molecule has 0 bridgehead atoms. The van der Waals surface area contributed by atoms with E-state index in [4.69, 9.17) is 37.9 Å². The summed E-state index contributed by atoms with van der Waals surface area (Å²) in [6, 6.07) is 0.349. The first-order chi connectivity index (χ1) is 25.4. The molecule has 7 aliphatic rings. The molecular formula is C42H67NO10. The van der Waals surface area contributed by atoms with E-state index in [1.165, 1.54) is 0 Å². The number of methoxy groups -OCH3 is 3. The quantitative estimate of drug-likeness (QED) is 0.218. The molecule has 11 nitrogen and oxygen atoms in total. The number of fused-ring (bicyclic) bond motifs is 5. The minimum Gasteiger partial charge on any atom is -0.462 e.